The first kappa shape index (κ1) is 23.1. The van der Waals surface area contributed by atoms with E-state index in [4.69, 9.17) is 4.74 Å². The number of ether oxygens (including phenoxy) is 1. The van der Waals surface area contributed by atoms with Gasteiger partial charge in [-0.2, -0.15) is 0 Å². The Labute approximate surface area is 198 Å². The smallest absolute Gasteiger partial charge is 0.251 e. The number of benzene rings is 2. The summed E-state index contributed by atoms with van der Waals surface area (Å²) in [7, 11) is 3.38. The fourth-order valence-electron chi connectivity index (χ4n) is 2.71. The summed E-state index contributed by atoms with van der Waals surface area (Å²) in [4.78, 5) is 24.6. The summed E-state index contributed by atoms with van der Waals surface area (Å²) < 4.78 is 7.98. The van der Waals surface area contributed by atoms with E-state index in [9.17, 15) is 9.59 Å². The predicted molar refractivity (Wildman–Crippen MR) is 128 cm³/mol. The molecule has 8 nitrogen and oxygen atoms in total. The summed E-state index contributed by atoms with van der Waals surface area (Å²) in [6, 6.07) is 12.7. The first-order valence-electron chi connectivity index (χ1n) is 9.36. The van der Waals surface area contributed by atoms with Crippen LogP contribution in [0.5, 0.6) is 5.75 Å². The Hall–Kier alpha value is -2.60. The normalized spacial score (nSPS) is 10.6. The lowest BCUT2D eigenvalue weighted by atomic mass is 10.2. The van der Waals surface area contributed by atoms with Crippen molar-refractivity contribution < 1.29 is 14.3 Å². The van der Waals surface area contributed by atoms with E-state index in [2.05, 4.69) is 43.4 Å². The lowest BCUT2D eigenvalue weighted by molar-refractivity contribution is -0.113. The minimum Gasteiger partial charge on any atom is -0.497 e. The molecule has 3 rings (SSSR count). The van der Waals surface area contributed by atoms with Crippen molar-refractivity contribution in [1.82, 2.24) is 20.1 Å². The average molecular weight is 551 g/mol. The molecule has 10 heteroatoms. The van der Waals surface area contributed by atoms with Crippen molar-refractivity contribution in [2.24, 2.45) is 7.05 Å². The fraction of sp³-hybridized carbons (Fsp3) is 0.238. The SMILES string of the molecule is COc1ccc(C(=O)NCc2nnc(SCC(=O)Nc3ccc(I)cc3C)n2C)cc1. The number of aromatic nitrogens is 3. The second kappa shape index (κ2) is 10.6. The minimum atomic E-state index is -0.216. The van der Waals surface area contributed by atoms with Crippen molar-refractivity contribution in [2.45, 2.75) is 18.6 Å². The van der Waals surface area contributed by atoms with Gasteiger partial charge in [-0.15, -0.1) is 10.2 Å². The molecule has 0 bridgehead atoms. The average Bonchev–Trinajstić information content (AvgIpc) is 3.12. The third kappa shape index (κ3) is 6.20. The Bertz CT molecular complexity index is 1090. The van der Waals surface area contributed by atoms with Crippen LogP contribution in [0.3, 0.4) is 0 Å². The molecular weight excluding hydrogens is 529 g/mol. The fourth-order valence-corrected chi connectivity index (χ4v) is 4.09. The van der Waals surface area contributed by atoms with Crippen molar-refractivity contribution in [3.05, 3.63) is 63.0 Å². The zero-order chi connectivity index (χ0) is 22.4. The monoisotopic (exact) mass is 551 g/mol. The molecule has 0 radical (unpaired) electrons. The highest BCUT2D eigenvalue weighted by Crippen LogP contribution is 2.20. The molecule has 1 aromatic heterocycles. The van der Waals surface area contributed by atoms with Crippen LogP contribution in [0.1, 0.15) is 21.7 Å². The van der Waals surface area contributed by atoms with Gasteiger partial charge in [0.2, 0.25) is 5.91 Å². The molecule has 0 aliphatic carbocycles. The molecule has 0 spiro atoms. The maximum atomic E-state index is 12.3. The Morgan fingerprint density at radius 2 is 1.90 bits per heavy atom. The summed E-state index contributed by atoms with van der Waals surface area (Å²) in [5.41, 5.74) is 2.34. The van der Waals surface area contributed by atoms with E-state index in [1.807, 2.05) is 25.1 Å². The van der Waals surface area contributed by atoms with Gasteiger partial charge in [0.05, 0.1) is 19.4 Å². The highest BCUT2D eigenvalue weighted by atomic mass is 127. The number of rotatable bonds is 8. The molecule has 2 aromatic carbocycles. The van der Waals surface area contributed by atoms with Gasteiger partial charge in [-0.3, -0.25) is 9.59 Å². The van der Waals surface area contributed by atoms with Gasteiger partial charge in [-0.25, -0.2) is 0 Å². The molecular formula is C21H22IN5O3S. The topological polar surface area (TPSA) is 98.1 Å². The summed E-state index contributed by atoms with van der Waals surface area (Å²) in [5.74, 6) is 1.15. The number of halogens is 1. The van der Waals surface area contributed by atoms with Crippen molar-refractivity contribution in [3.63, 3.8) is 0 Å². The molecule has 2 amide bonds. The van der Waals surface area contributed by atoms with Crippen molar-refractivity contribution in [3.8, 4) is 5.75 Å². The number of amides is 2. The molecule has 0 unspecified atom stereocenters. The Morgan fingerprint density at radius 3 is 2.58 bits per heavy atom. The Kier molecular flexibility index (Phi) is 7.91. The number of anilines is 1. The zero-order valence-electron chi connectivity index (χ0n) is 17.3. The van der Waals surface area contributed by atoms with Gasteiger partial charge in [0.1, 0.15) is 5.75 Å². The van der Waals surface area contributed by atoms with E-state index in [-0.39, 0.29) is 24.1 Å². The summed E-state index contributed by atoms with van der Waals surface area (Å²) in [6.07, 6.45) is 0. The number of nitrogens with zero attached hydrogens (tertiary/aromatic N) is 3. The third-order valence-electron chi connectivity index (χ3n) is 4.48. The van der Waals surface area contributed by atoms with Gasteiger partial charge in [-0.05, 0) is 77.5 Å². The van der Waals surface area contributed by atoms with E-state index in [1.54, 1.807) is 43.0 Å². The van der Waals surface area contributed by atoms with Crippen LogP contribution in [0.15, 0.2) is 47.6 Å². The molecule has 3 aromatic rings. The van der Waals surface area contributed by atoms with Crippen LogP contribution in [-0.4, -0.2) is 39.4 Å². The van der Waals surface area contributed by atoms with E-state index in [1.165, 1.54) is 11.8 Å². The maximum Gasteiger partial charge on any atom is 0.251 e. The van der Waals surface area contributed by atoms with Gasteiger partial charge in [0, 0.05) is 21.9 Å². The standard InChI is InChI=1S/C21H22IN5O3S/c1-13-10-15(22)6-9-17(13)24-19(28)12-31-21-26-25-18(27(21)2)11-23-20(29)14-4-7-16(30-3)8-5-14/h4-10H,11-12H2,1-3H3,(H,23,29)(H,24,28). The minimum absolute atomic E-state index is 0.119. The first-order chi connectivity index (χ1) is 14.9. The van der Waals surface area contributed by atoms with Gasteiger partial charge >= 0.3 is 0 Å². The first-order valence-corrected chi connectivity index (χ1v) is 11.4. The number of carbonyl (C=O) groups is 2. The number of aryl methyl sites for hydroxylation is 1. The molecule has 0 fully saturated rings. The van der Waals surface area contributed by atoms with Gasteiger partial charge < -0.3 is 19.9 Å². The molecule has 0 saturated heterocycles. The zero-order valence-corrected chi connectivity index (χ0v) is 20.3. The van der Waals surface area contributed by atoms with Crippen molar-refractivity contribution in [1.29, 1.82) is 0 Å². The third-order valence-corrected chi connectivity index (χ3v) is 6.17. The molecule has 31 heavy (non-hydrogen) atoms. The maximum absolute atomic E-state index is 12.3. The number of nitrogens with one attached hydrogen (secondary N) is 2. The van der Waals surface area contributed by atoms with E-state index in [0.717, 1.165) is 14.8 Å². The van der Waals surface area contributed by atoms with E-state index >= 15 is 0 Å². The largest absolute Gasteiger partial charge is 0.497 e. The van der Waals surface area contributed by atoms with E-state index < -0.39 is 0 Å². The molecule has 0 aliphatic heterocycles. The quantitative estimate of drug-likeness (QED) is 0.329. The van der Waals surface area contributed by atoms with Crippen LogP contribution in [0.25, 0.3) is 0 Å². The summed E-state index contributed by atoms with van der Waals surface area (Å²) in [5, 5.41) is 14.6. The van der Waals surface area contributed by atoms with E-state index in [0.29, 0.717) is 22.3 Å². The molecule has 0 aliphatic rings. The van der Waals surface area contributed by atoms with Crippen LogP contribution in [0.4, 0.5) is 5.69 Å². The second-order valence-corrected chi connectivity index (χ2v) is 8.85. The summed E-state index contributed by atoms with van der Waals surface area (Å²) in [6.45, 7) is 2.18. The van der Waals surface area contributed by atoms with Crippen LogP contribution in [-0.2, 0) is 18.4 Å². The number of carbonyl (C=O) groups excluding carboxylic acids is 2. The van der Waals surface area contributed by atoms with Gasteiger partial charge in [0.25, 0.3) is 5.91 Å². The molecule has 0 atom stereocenters. The number of hydrogen-bond donors (Lipinski definition) is 2. The van der Waals surface area contributed by atoms with Crippen LogP contribution < -0.4 is 15.4 Å². The van der Waals surface area contributed by atoms with Gasteiger partial charge in [0.15, 0.2) is 11.0 Å². The van der Waals surface area contributed by atoms with Crippen LogP contribution in [0.2, 0.25) is 0 Å². The Morgan fingerprint density at radius 1 is 1.16 bits per heavy atom. The highest BCUT2D eigenvalue weighted by molar-refractivity contribution is 14.1. The van der Waals surface area contributed by atoms with Crippen molar-refractivity contribution >= 4 is 51.9 Å². The molecule has 2 N–H and O–H groups in total. The van der Waals surface area contributed by atoms with Crippen molar-refractivity contribution in [2.75, 3.05) is 18.2 Å². The van der Waals surface area contributed by atoms with Crippen LogP contribution >= 0.6 is 34.4 Å². The lowest BCUT2D eigenvalue weighted by Gasteiger charge is -2.09. The number of methoxy groups -OCH3 is 1. The molecule has 162 valence electrons. The predicted octanol–water partition coefficient (Wildman–Crippen LogP) is 3.40. The Balaban J connectivity index is 1.52. The molecule has 0 saturated carbocycles. The lowest BCUT2D eigenvalue weighted by Crippen LogP contribution is -2.24. The van der Waals surface area contributed by atoms with Crippen LogP contribution in [0, 0.1) is 10.5 Å². The molecule has 1 heterocycles. The highest BCUT2D eigenvalue weighted by Gasteiger charge is 2.14. The van der Waals surface area contributed by atoms with Gasteiger partial charge in [-0.1, -0.05) is 11.8 Å². The number of thioether (sulfide) groups is 1. The summed E-state index contributed by atoms with van der Waals surface area (Å²) >= 11 is 3.52. The second-order valence-electron chi connectivity index (χ2n) is 6.67. The number of hydrogen-bond acceptors (Lipinski definition) is 6.